The van der Waals surface area contributed by atoms with Crippen molar-refractivity contribution in [3.05, 3.63) is 59.5 Å². The summed E-state index contributed by atoms with van der Waals surface area (Å²) in [4.78, 5) is 14.9. The Kier molecular flexibility index (Phi) is 7.39. The number of amides is 1. The second kappa shape index (κ2) is 10.6. The van der Waals surface area contributed by atoms with Gasteiger partial charge in [-0.3, -0.25) is 4.79 Å². The Bertz CT molecular complexity index is 1090. The number of carbonyl (C=O) groups is 1. The summed E-state index contributed by atoms with van der Waals surface area (Å²) in [5.74, 6) is 3.07. The smallest absolute Gasteiger partial charge is 0.277 e. The molecule has 0 bridgehead atoms. The van der Waals surface area contributed by atoms with Crippen LogP contribution >= 0.6 is 11.8 Å². The lowest BCUT2D eigenvalue weighted by molar-refractivity contribution is -0.129. The SMILES string of the molecule is COc1ccc(Cc2nnc(SCC(=O)N3CCC[C@@H]3c3cc(OC)ccc3OC)o2)cc1. The van der Waals surface area contributed by atoms with Crippen LogP contribution < -0.4 is 14.2 Å². The Morgan fingerprint density at radius 2 is 1.82 bits per heavy atom. The predicted molar refractivity (Wildman–Crippen MR) is 124 cm³/mol. The number of thioether (sulfide) groups is 1. The molecule has 1 aromatic heterocycles. The van der Waals surface area contributed by atoms with E-state index in [0.29, 0.717) is 24.1 Å². The van der Waals surface area contributed by atoms with Crippen molar-refractivity contribution < 1.29 is 23.4 Å². The molecule has 2 heterocycles. The van der Waals surface area contributed by atoms with Gasteiger partial charge in [0.25, 0.3) is 5.22 Å². The van der Waals surface area contributed by atoms with Crippen LogP contribution in [0.25, 0.3) is 0 Å². The first kappa shape index (κ1) is 23.0. The molecule has 0 unspecified atom stereocenters. The van der Waals surface area contributed by atoms with Crippen molar-refractivity contribution in [3.8, 4) is 17.2 Å². The molecular weight excluding hydrogens is 442 g/mol. The lowest BCUT2D eigenvalue weighted by atomic mass is 10.0. The summed E-state index contributed by atoms with van der Waals surface area (Å²) in [6.07, 6.45) is 2.34. The van der Waals surface area contributed by atoms with Crippen LogP contribution in [0.2, 0.25) is 0 Å². The highest BCUT2D eigenvalue weighted by Crippen LogP contribution is 2.39. The Balaban J connectivity index is 1.37. The van der Waals surface area contributed by atoms with Gasteiger partial charge in [-0.1, -0.05) is 23.9 Å². The average Bonchev–Trinajstić information content (AvgIpc) is 3.52. The van der Waals surface area contributed by atoms with Crippen molar-refractivity contribution in [1.82, 2.24) is 15.1 Å². The van der Waals surface area contributed by atoms with Crippen LogP contribution in [0.15, 0.2) is 52.1 Å². The van der Waals surface area contributed by atoms with Crippen LogP contribution in [0, 0.1) is 0 Å². The standard InChI is InChI=1S/C24H27N3O5S/c1-29-17-8-6-16(7-9-17)13-22-25-26-24(32-22)33-15-23(28)27-12-4-5-20(27)19-14-18(30-2)10-11-21(19)31-3/h6-11,14,20H,4-5,12-13,15H2,1-3H3/t20-/m1/s1. The number of hydrogen-bond acceptors (Lipinski definition) is 8. The molecule has 0 saturated carbocycles. The number of nitrogens with zero attached hydrogens (tertiary/aromatic N) is 3. The van der Waals surface area contributed by atoms with E-state index in [1.165, 1.54) is 11.8 Å². The molecule has 33 heavy (non-hydrogen) atoms. The fourth-order valence-corrected chi connectivity index (χ4v) is 4.65. The molecule has 9 heteroatoms. The van der Waals surface area contributed by atoms with Gasteiger partial charge >= 0.3 is 0 Å². The molecular formula is C24H27N3O5S. The molecule has 0 spiro atoms. The van der Waals surface area contributed by atoms with Gasteiger partial charge in [-0.25, -0.2) is 0 Å². The molecule has 3 aromatic rings. The fourth-order valence-electron chi connectivity index (χ4n) is 3.98. The summed E-state index contributed by atoms with van der Waals surface area (Å²) in [5.41, 5.74) is 2.01. The minimum Gasteiger partial charge on any atom is -0.497 e. The lowest BCUT2D eigenvalue weighted by Gasteiger charge is -2.26. The summed E-state index contributed by atoms with van der Waals surface area (Å²) in [7, 11) is 4.91. The third kappa shape index (κ3) is 5.42. The summed E-state index contributed by atoms with van der Waals surface area (Å²) < 4.78 is 21.8. The average molecular weight is 470 g/mol. The van der Waals surface area contributed by atoms with Gasteiger partial charge in [0, 0.05) is 12.1 Å². The summed E-state index contributed by atoms with van der Waals surface area (Å²) >= 11 is 1.26. The largest absolute Gasteiger partial charge is 0.497 e. The van der Waals surface area contributed by atoms with E-state index in [-0.39, 0.29) is 17.7 Å². The second-order valence-corrected chi connectivity index (χ2v) is 8.55. The van der Waals surface area contributed by atoms with Crippen molar-refractivity contribution in [3.63, 3.8) is 0 Å². The van der Waals surface area contributed by atoms with E-state index in [0.717, 1.165) is 41.2 Å². The van der Waals surface area contributed by atoms with Crippen LogP contribution in [0.5, 0.6) is 17.2 Å². The number of aromatic nitrogens is 2. The monoisotopic (exact) mass is 469 g/mol. The van der Waals surface area contributed by atoms with Gasteiger partial charge in [0.05, 0.1) is 39.5 Å². The third-order valence-electron chi connectivity index (χ3n) is 5.65. The number of methoxy groups -OCH3 is 3. The van der Waals surface area contributed by atoms with E-state index >= 15 is 0 Å². The molecule has 1 fully saturated rings. The van der Waals surface area contributed by atoms with E-state index in [9.17, 15) is 4.79 Å². The molecule has 0 N–H and O–H groups in total. The first-order valence-corrected chi connectivity index (χ1v) is 11.7. The summed E-state index contributed by atoms with van der Waals surface area (Å²) in [6.45, 7) is 0.705. The van der Waals surface area contributed by atoms with Gasteiger partial charge in [-0.15, -0.1) is 10.2 Å². The first-order chi connectivity index (χ1) is 16.1. The second-order valence-electron chi connectivity index (χ2n) is 7.63. The normalized spacial score (nSPS) is 15.5. The van der Waals surface area contributed by atoms with Gasteiger partial charge < -0.3 is 23.5 Å². The molecule has 174 valence electrons. The zero-order valence-electron chi connectivity index (χ0n) is 18.9. The van der Waals surface area contributed by atoms with E-state index in [2.05, 4.69) is 10.2 Å². The van der Waals surface area contributed by atoms with Crippen molar-refractivity contribution in [2.75, 3.05) is 33.6 Å². The number of likely N-dealkylation sites (tertiary alicyclic amines) is 1. The van der Waals surface area contributed by atoms with Crippen LogP contribution in [-0.4, -0.2) is 54.6 Å². The molecule has 1 aliphatic heterocycles. The Labute approximate surface area is 197 Å². The molecule has 1 amide bonds. The van der Waals surface area contributed by atoms with E-state index in [1.54, 1.807) is 21.3 Å². The Morgan fingerprint density at radius 3 is 2.55 bits per heavy atom. The summed E-state index contributed by atoms with van der Waals surface area (Å²) in [6, 6.07) is 13.3. The third-order valence-corrected chi connectivity index (χ3v) is 6.45. The van der Waals surface area contributed by atoms with Crippen LogP contribution in [0.4, 0.5) is 0 Å². The quantitative estimate of drug-likeness (QED) is 0.432. The van der Waals surface area contributed by atoms with Gasteiger partial charge in [0.2, 0.25) is 11.8 Å². The van der Waals surface area contributed by atoms with Crippen molar-refractivity contribution >= 4 is 17.7 Å². The van der Waals surface area contributed by atoms with Crippen molar-refractivity contribution in [2.24, 2.45) is 0 Å². The van der Waals surface area contributed by atoms with Crippen LogP contribution in [0.1, 0.15) is 35.9 Å². The Hall–Kier alpha value is -3.20. The Morgan fingerprint density at radius 1 is 1.06 bits per heavy atom. The maximum absolute atomic E-state index is 13.0. The zero-order chi connectivity index (χ0) is 23.2. The molecule has 0 radical (unpaired) electrons. The minimum absolute atomic E-state index is 0.0299. The summed E-state index contributed by atoms with van der Waals surface area (Å²) in [5, 5.41) is 8.59. The maximum Gasteiger partial charge on any atom is 0.277 e. The van der Waals surface area contributed by atoms with Gasteiger partial charge in [-0.2, -0.15) is 0 Å². The number of ether oxygens (including phenoxy) is 3. The molecule has 1 atom stereocenters. The molecule has 4 rings (SSSR count). The van der Waals surface area contributed by atoms with Gasteiger partial charge in [0.15, 0.2) is 0 Å². The zero-order valence-corrected chi connectivity index (χ0v) is 19.8. The molecule has 1 saturated heterocycles. The van der Waals surface area contributed by atoms with Crippen LogP contribution in [0.3, 0.4) is 0 Å². The highest BCUT2D eigenvalue weighted by Gasteiger charge is 2.32. The van der Waals surface area contributed by atoms with Crippen molar-refractivity contribution in [2.45, 2.75) is 30.5 Å². The number of carbonyl (C=O) groups excluding carboxylic acids is 1. The molecule has 1 aliphatic rings. The highest BCUT2D eigenvalue weighted by molar-refractivity contribution is 7.99. The fraction of sp³-hybridized carbons (Fsp3) is 0.375. The molecule has 8 nitrogen and oxygen atoms in total. The topological polar surface area (TPSA) is 86.9 Å². The maximum atomic E-state index is 13.0. The lowest BCUT2D eigenvalue weighted by Crippen LogP contribution is -2.32. The highest BCUT2D eigenvalue weighted by atomic mass is 32.2. The number of hydrogen-bond donors (Lipinski definition) is 0. The van der Waals surface area contributed by atoms with Crippen molar-refractivity contribution in [1.29, 1.82) is 0 Å². The van der Waals surface area contributed by atoms with E-state index in [4.69, 9.17) is 18.6 Å². The van der Waals surface area contributed by atoms with E-state index in [1.807, 2.05) is 47.4 Å². The van der Waals surface area contributed by atoms with E-state index < -0.39 is 0 Å². The molecule has 2 aromatic carbocycles. The predicted octanol–water partition coefficient (Wildman–Crippen LogP) is 4.14. The van der Waals surface area contributed by atoms with Crippen LogP contribution in [-0.2, 0) is 11.2 Å². The van der Waals surface area contributed by atoms with Gasteiger partial charge in [-0.05, 0) is 48.7 Å². The number of benzene rings is 2. The van der Waals surface area contributed by atoms with Gasteiger partial charge in [0.1, 0.15) is 17.2 Å². The first-order valence-electron chi connectivity index (χ1n) is 10.7. The molecule has 0 aliphatic carbocycles. The minimum atomic E-state index is -0.0449. The number of rotatable bonds is 9.